The molecule has 1 amide bonds. The molecule has 1 aromatic carbocycles. The van der Waals surface area contributed by atoms with Crippen LogP contribution >= 0.6 is 22.6 Å². The third-order valence-corrected chi connectivity index (χ3v) is 5.75. The number of amides is 1. The summed E-state index contributed by atoms with van der Waals surface area (Å²) >= 11 is 2.10. The van der Waals surface area contributed by atoms with Crippen LogP contribution < -0.4 is 0 Å². The smallest absolute Gasteiger partial charge is 0.337 e. The largest absolute Gasteiger partial charge is 0.479 e. The molecule has 0 fully saturated rings. The van der Waals surface area contributed by atoms with Crippen LogP contribution in [0.25, 0.3) is 0 Å². The molecule has 2 rings (SSSR count). The van der Waals surface area contributed by atoms with Crippen LogP contribution in [0.5, 0.6) is 0 Å². The number of aliphatic hydroxyl groups excluding tert-OH is 1. The molecule has 0 unspecified atom stereocenters. The minimum Gasteiger partial charge on any atom is -0.479 e. The van der Waals surface area contributed by atoms with Gasteiger partial charge in [0, 0.05) is 22.2 Å². The molecule has 1 aromatic rings. The van der Waals surface area contributed by atoms with Gasteiger partial charge in [0.15, 0.2) is 6.10 Å². The fourth-order valence-electron chi connectivity index (χ4n) is 3.17. The Morgan fingerprint density at radius 1 is 1.26 bits per heavy atom. The summed E-state index contributed by atoms with van der Waals surface area (Å²) in [5, 5.41) is 19.2. The van der Waals surface area contributed by atoms with Crippen LogP contribution in [0.15, 0.2) is 0 Å². The lowest BCUT2D eigenvalue weighted by Gasteiger charge is -2.33. The van der Waals surface area contributed by atoms with Gasteiger partial charge < -0.3 is 15.1 Å². The van der Waals surface area contributed by atoms with Gasteiger partial charge in [-0.05, 0) is 64.6 Å². The lowest BCUT2D eigenvalue weighted by Crippen LogP contribution is -2.39. The Morgan fingerprint density at radius 3 is 2.39 bits per heavy atom. The number of rotatable bonds is 4. The molecular weight excluding hydrogens is 409 g/mol. The molecule has 0 radical (unpaired) electrons. The van der Waals surface area contributed by atoms with E-state index in [2.05, 4.69) is 36.4 Å². The summed E-state index contributed by atoms with van der Waals surface area (Å²) in [7, 11) is 0. The van der Waals surface area contributed by atoms with E-state index in [1.807, 2.05) is 11.8 Å². The molecular formula is C17H22INO4. The normalized spacial score (nSPS) is 15.8. The summed E-state index contributed by atoms with van der Waals surface area (Å²) in [5.74, 6) is -0.811. The number of halogens is 1. The predicted molar refractivity (Wildman–Crippen MR) is 95.2 cm³/mol. The molecule has 0 spiro atoms. The van der Waals surface area contributed by atoms with Crippen molar-refractivity contribution in [3.63, 3.8) is 0 Å². The van der Waals surface area contributed by atoms with Crippen molar-refractivity contribution in [1.29, 1.82) is 0 Å². The summed E-state index contributed by atoms with van der Waals surface area (Å²) < 4.78 is 0.771. The Kier molecular flexibility index (Phi) is 5.35. The number of carbonyl (C=O) groups is 2. The fourth-order valence-corrected chi connectivity index (χ4v) is 4.19. The highest BCUT2D eigenvalue weighted by Gasteiger charge is 2.31. The Balaban J connectivity index is 2.56. The van der Waals surface area contributed by atoms with Gasteiger partial charge in [-0.15, -0.1) is 0 Å². The maximum absolute atomic E-state index is 12.4. The summed E-state index contributed by atoms with van der Waals surface area (Å²) in [4.78, 5) is 25.5. The topological polar surface area (TPSA) is 77.8 Å². The first kappa shape index (κ1) is 18.2. The number of hydrogen-bond donors (Lipinski definition) is 2. The summed E-state index contributed by atoms with van der Waals surface area (Å²) in [6.07, 6.45) is -1.29. The first-order chi connectivity index (χ1) is 10.6. The van der Waals surface area contributed by atoms with Crippen LogP contribution in [0.1, 0.15) is 47.8 Å². The molecule has 0 bridgehead atoms. The highest BCUT2D eigenvalue weighted by atomic mass is 127. The molecule has 0 saturated heterocycles. The molecule has 1 heterocycles. The average Bonchev–Trinajstić information content (AvgIpc) is 2.46. The quantitative estimate of drug-likeness (QED) is 0.719. The highest BCUT2D eigenvalue weighted by Crippen LogP contribution is 2.36. The number of benzene rings is 1. The van der Waals surface area contributed by atoms with E-state index in [9.17, 15) is 14.7 Å². The Hall–Kier alpha value is -1.15. The molecule has 23 heavy (non-hydrogen) atoms. The van der Waals surface area contributed by atoms with E-state index in [-0.39, 0.29) is 12.3 Å². The van der Waals surface area contributed by atoms with Gasteiger partial charge >= 0.3 is 5.97 Å². The fraction of sp³-hybridized carbons (Fsp3) is 0.529. The number of carbonyl (C=O) groups excluding carboxylic acids is 1. The number of hydrogen-bond acceptors (Lipinski definition) is 3. The maximum Gasteiger partial charge on any atom is 0.337 e. The van der Waals surface area contributed by atoms with E-state index in [4.69, 9.17) is 5.11 Å². The highest BCUT2D eigenvalue weighted by molar-refractivity contribution is 14.1. The second kappa shape index (κ2) is 6.76. The Labute approximate surface area is 149 Å². The van der Waals surface area contributed by atoms with Crippen LogP contribution in [0.3, 0.4) is 0 Å². The van der Waals surface area contributed by atoms with Gasteiger partial charge in [0.1, 0.15) is 0 Å². The first-order valence-electron chi connectivity index (χ1n) is 7.64. The Bertz CT molecular complexity index is 669. The van der Waals surface area contributed by atoms with E-state index < -0.39 is 12.1 Å². The van der Waals surface area contributed by atoms with Crippen molar-refractivity contribution in [2.45, 2.75) is 46.8 Å². The lowest BCUT2D eigenvalue weighted by atomic mass is 9.86. The predicted octanol–water partition coefficient (Wildman–Crippen LogP) is 2.57. The maximum atomic E-state index is 12.4. The lowest BCUT2D eigenvalue weighted by molar-refractivity contribution is -0.147. The van der Waals surface area contributed by atoms with E-state index in [1.54, 1.807) is 6.92 Å². The van der Waals surface area contributed by atoms with Crippen molar-refractivity contribution in [2.24, 2.45) is 5.92 Å². The van der Waals surface area contributed by atoms with Gasteiger partial charge in [-0.3, -0.25) is 4.79 Å². The van der Waals surface area contributed by atoms with Crippen LogP contribution in [-0.4, -0.2) is 33.5 Å². The minimum atomic E-state index is -1.56. The van der Waals surface area contributed by atoms with Gasteiger partial charge in [0.25, 0.3) is 0 Å². The third-order valence-electron chi connectivity index (χ3n) is 4.36. The number of aliphatic hydroxyl groups is 1. The van der Waals surface area contributed by atoms with Crippen LogP contribution in [-0.2, 0) is 22.6 Å². The molecule has 1 aliphatic rings. The molecule has 1 aliphatic heterocycles. The molecule has 1 atom stereocenters. The third kappa shape index (κ3) is 3.38. The van der Waals surface area contributed by atoms with E-state index in [0.717, 1.165) is 25.8 Å². The molecule has 126 valence electrons. The van der Waals surface area contributed by atoms with E-state index >= 15 is 0 Å². The number of aliphatic carboxylic acids is 1. The van der Waals surface area contributed by atoms with Crippen molar-refractivity contribution < 1.29 is 19.8 Å². The van der Waals surface area contributed by atoms with Crippen molar-refractivity contribution in [3.05, 3.63) is 31.4 Å². The van der Waals surface area contributed by atoms with Crippen molar-refractivity contribution >= 4 is 34.5 Å². The minimum absolute atomic E-state index is 0.0608. The van der Waals surface area contributed by atoms with Crippen LogP contribution in [0.2, 0.25) is 0 Å². The van der Waals surface area contributed by atoms with Crippen LogP contribution in [0, 0.1) is 23.3 Å². The first-order valence-corrected chi connectivity index (χ1v) is 8.71. The molecule has 2 N–H and O–H groups in total. The standard InChI is InChI=1S/C17H22INO4/c1-8(2)6-19-7-12-10(4)15(18)14(16(21)17(22)23)9(3)11(12)5-13(19)20/h8,16,21H,5-7H2,1-4H3,(H,22,23)/t16-/m0/s1. The van der Waals surface area contributed by atoms with Gasteiger partial charge in [-0.2, -0.15) is 0 Å². The Morgan fingerprint density at radius 2 is 1.87 bits per heavy atom. The van der Waals surface area contributed by atoms with E-state index in [1.165, 1.54) is 0 Å². The van der Waals surface area contributed by atoms with E-state index in [0.29, 0.717) is 24.6 Å². The zero-order chi connectivity index (χ0) is 17.5. The molecule has 0 saturated carbocycles. The number of carboxylic acids is 1. The van der Waals surface area contributed by atoms with Crippen LogP contribution in [0.4, 0.5) is 0 Å². The summed E-state index contributed by atoms with van der Waals surface area (Å²) in [6.45, 7) is 9.16. The number of nitrogens with zero attached hydrogens (tertiary/aromatic N) is 1. The number of carboxylic acid groups (broad SMARTS) is 1. The van der Waals surface area contributed by atoms with Gasteiger partial charge in [-0.1, -0.05) is 13.8 Å². The zero-order valence-corrected chi connectivity index (χ0v) is 16.0. The summed E-state index contributed by atoms with van der Waals surface area (Å²) in [5.41, 5.74) is 4.07. The zero-order valence-electron chi connectivity index (χ0n) is 13.8. The molecule has 0 aliphatic carbocycles. The second-order valence-electron chi connectivity index (χ2n) is 6.52. The molecule has 5 nitrogen and oxygen atoms in total. The van der Waals surface area contributed by atoms with Crippen molar-refractivity contribution in [1.82, 2.24) is 4.90 Å². The summed E-state index contributed by atoms with van der Waals surface area (Å²) in [6, 6.07) is 0. The molecule has 0 aromatic heterocycles. The SMILES string of the molecule is Cc1c(I)c([C@H](O)C(=O)O)c(C)c2c1CN(CC(C)C)C(=O)C2. The second-order valence-corrected chi connectivity index (χ2v) is 7.60. The van der Waals surface area contributed by atoms with Gasteiger partial charge in [0.05, 0.1) is 6.42 Å². The molecule has 6 heteroatoms. The average molecular weight is 431 g/mol. The van der Waals surface area contributed by atoms with Gasteiger partial charge in [-0.25, -0.2) is 4.79 Å². The van der Waals surface area contributed by atoms with Crippen molar-refractivity contribution in [3.8, 4) is 0 Å². The number of fused-ring (bicyclic) bond motifs is 1. The van der Waals surface area contributed by atoms with Gasteiger partial charge in [0.2, 0.25) is 5.91 Å². The monoisotopic (exact) mass is 431 g/mol. The van der Waals surface area contributed by atoms with Crippen molar-refractivity contribution in [2.75, 3.05) is 6.54 Å².